The molecule has 0 rings (SSSR count). The van der Waals surface area contributed by atoms with E-state index in [0.29, 0.717) is 0 Å². The second-order valence-electron chi connectivity index (χ2n) is 2.95. The number of amides is 1. The third-order valence-electron chi connectivity index (χ3n) is 1.59. The third kappa shape index (κ3) is 7.80. The van der Waals surface area contributed by atoms with Crippen LogP contribution in [-0.2, 0) is 9.59 Å². The van der Waals surface area contributed by atoms with Crippen LogP contribution in [0.5, 0.6) is 0 Å². The van der Waals surface area contributed by atoms with E-state index in [1.54, 1.807) is 0 Å². The first kappa shape index (κ1) is 13.8. The molecule has 0 fully saturated rings. The van der Waals surface area contributed by atoms with E-state index < -0.39 is 31.0 Å². The molecule has 0 saturated carbocycles. The number of halogens is 2. The van der Waals surface area contributed by atoms with Gasteiger partial charge < -0.3 is 15.5 Å². The molecular weight excluding hydrogens is 212 g/mol. The summed E-state index contributed by atoms with van der Waals surface area (Å²) < 4.78 is 23.5. The second kappa shape index (κ2) is 7.10. The highest BCUT2D eigenvalue weighted by atomic mass is 19.3. The summed E-state index contributed by atoms with van der Waals surface area (Å²) >= 11 is 0. The average molecular weight is 225 g/mol. The fourth-order valence-electron chi connectivity index (χ4n) is 0.796. The van der Waals surface area contributed by atoms with Gasteiger partial charge in [-0.05, 0) is 6.42 Å². The zero-order valence-electron chi connectivity index (χ0n) is 7.95. The minimum absolute atomic E-state index is 0.0533. The standard InChI is InChI=1S/C8H13F2NO4/c9-8(10)5(12)4-11-6(13)2-1-3-7(14)15/h5,8,12H,1-4H2,(H,11,13)(H,14,15). The number of carboxylic acids is 1. The molecule has 7 heteroatoms. The SMILES string of the molecule is O=C(O)CCCC(=O)NCC(O)C(F)F. The van der Waals surface area contributed by atoms with Gasteiger partial charge in [0.1, 0.15) is 6.10 Å². The predicted octanol–water partition coefficient (Wildman–Crippen LogP) is -0.0165. The van der Waals surface area contributed by atoms with E-state index in [4.69, 9.17) is 10.2 Å². The van der Waals surface area contributed by atoms with Gasteiger partial charge >= 0.3 is 5.97 Å². The maximum atomic E-state index is 11.8. The Labute approximate surface area is 85.1 Å². The number of carbonyl (C=O) groups is 2. The topological polar surface area (TPSA) is 86.6 Å². The molecule has 0 aliphatic carbocycles. The molecule has 3 N–H and O–H groups in total. The van der Waals surface area contributed by atoms with Crippen LogP contribution in [0.3, 0.4) is 0 Å². The molecule has 0 heterocycles. The molecule has 1 unspecified atom stereocenters. The minimum atomic E-state index is -2.90. The number of hydrogen-bond donors (Lipinski definition) is 3. The van der Waals surface area contributed by atoms with Gasteiger partial charge in [0.25, 0.3) is 6.43 Å². The Hall–Kier alpha value is -1.24. The van der Waals surface area contributed by atoms with Gasteiger partial charge in [0.05, 0.1) is 0 Å². The normalized spacial score (nSPS) is 12.5. The summed E-state index contributed by atoms with van der Waals surface area (Å²) in [6.45, 7) is -0.524. The lowest BCUT2D eigenvalue weighted by molar-refractivity contribution is -0.137. The zero-order valence-corrected chi connectivity index (χ0v) is 7.95. The van der Waals surface area contributed by atoms with Gasteiger partial charge in [-0.15, -0.1) is 0 Å². The lowest BCUT2D eigenvalue weighted by atomic mass is 10.2. The van der Waals surface area contributed by atoms with Crippen molar-refractivity contribution >= 4 is 11.9 Å². The Kier molecular flexibility index (Phi) is 6.52. The average Bonchev–Trinajstić information content (AvgIpc) is 2.13. The summed E-state index contributed by atoms with van der Waals surface area (Å²) in [7, 11) is 0. The van der Waals surface area contributed by atoms with Crippen molar-refractivity contribution in [2.75, 3.05) is 6.54 Å². The van der Waals surface area contributed by atoms with Crippen molar-refractivity contribution in [1.82, 2.24) is 5.32 Å². The van der Waals surface area contributed by atoms with Crippen molar-refractivity contribution in [2.45, 2.75) is 31.8 Å². The lowest BCUT2D eigenvalue weighted by Gasteiger charge is -2.10. The van der Waals surface area contributed by atoms with Crippen LogP contribution < -0.4 is 5.32 Å². The number of aliphatic hydroxyl groups excluding tert-OH is 1. The molecule has 0 bridgehead atoms. The summed E-state index contributed by atoms with van der Waals surface area (Å²) in [6.07, 6.45) is -4.84. The molecule has 0 aromatic carbocycles. The molecule has 1 atom stereocenters. The number of nitrogens with one attached hydrogen (secondary N) is 1. The minimum Gasteiger partial charge on any atom is -0.481 e. The first-order valence-corrected chi connectivity index (χ1v) is 4.38. The van der Waals surface area contributed by atoms with E-state index in [9.17, 15) is 18.4 Å². The first-order chi connectivity index (χ1) is 6.93. The van der Waals surface area contributed by atoms with Crippen LogP contribution in [0.2, 0.25) is 0 Å². The van der Waals surface area contributed by atoms with Crippen molar-refractivity contribution in [2.24, 2.45) is 0 Å². The van der Waals surface area contributed by atoms with Crippen LogP contribution in [0.25, 0.3) is 0 Å². The van der Waals surface area contributed by atoms with Crippen molar-refractivity contribution in [1.29, 1.82) is 0 Å². The number of aliphatic hydroxyl groups is 1. The maximum Gasteiger partial charge on any atom is 0.303 e. The Balaban J connectivity index is 3.53. The highest BCUT2D eigenvalue weighted by molar-refractivity contribution is 5.76. The quantitative estimate of drug-likeness (QED) is 0.568. The molecule has 15 heavy (non-hydrogen) atoms. The molecule has 1 amide bonds. The Morgan fingerprint density at radius 3 is 2.33 bits per heavy atom. The lowest BCUT2D eigenvalue weighted by Crippen LogP contribution is -2.35. The van der Waals surface area contributed by atoms with Crippen molar-refractivity contribution in [3.8, 4) is 0 Å². The molecule has 88 valence electrons. The number of hydrogen-bond acceptors (Lipinski definition) is 3. The molecule has 0 saturated heterocycles. The third-order valence-corrected chi connectivity index (χ3v) is 1.59. The van der Waals surface area contributed by atoms with E-state index in [0.717, 1.165) is 0 Å². The molecule has 0 aromatic heterocycles. The monoisotopic (exact) mass is 225 g/mol. The van der Waals surface area contributed by atoms with Gasteiger partial charge in [-0.25, -0.2) is 8.78 Å². The van der Waals surface area contributed by atoms with E-state index in [2.05, 4.69) is 5.32 Å². The van der Waals surface area contributed by atoms with Gasteiger partial charge in [-0.2, -0.15) is 0 Å². The molecule has 0 aliphatic heterocycles. The first-order valence-electron chi connectivity index (χ1n) is 4.38. The van der Waals surface area contributed by atoms with Crippen LogP contribution in [0.1, 0.15) is 19.3 Å². The van der Waals surface area contributed by atoms with Crippen LogP contribution in [0.4, 0.5) is 8.78 Å². The molecule has 0 aliphatic rings. The molecule has 5 nitrogen and oxygen atoms in total. The second-order valence-corrected chi connectivity index (χ2v) is 2.95. The number of alkyl halides is 2. The smallest absolute Gasteiger partial charge is 0.303 e. The maximum absolute atomic E-state index is 11.8. The Morgan fingerprint density at radius 1 is 1.27 bits per heavy atom. The summed E-state index contributed by atoms with van der Waals surface area (Å²) in [6, 6.07) is 0. The fraction of sp³-hybridized carbons (Fsp3) is 0.750. The number of carbonyl (C=O) groups excluding carboxylic acids is 1. The fourth-order valence-corrected chi connectivity index (χ4v) is 0.796. The van der Waals surface area contributed by atoms with Gasteiger partial charge in [-0.1, -0.05) is 0 Å². The van der Waals surface area contributed by atoms with Gasteiger partial charge in [0.2, 0.25) is 5.91 Å². The largest absolute Gasteiger partial charge is 0.481 e. The highest BCUT2D eigenvalue weighted by Crippen LogP contribution is 1.99. The van der Waals surface area contributed by atoms with Gasteiger partial charge in [0, 0.05) is 19.4 Å². The van der Waals surface area contributed by atoms with Crippen LogP contribution in [0.15, 0.2) is 0 Å². The van der Waals surface area contributed by atoms with Gasteiger partial charge in [0.15, 0.2) is 0 Å². The Morgan fingerprint density at radius 2 is 1.87 bits per heavy atom. The molecule has 0 spiro atoms. The number of carboxylic acid groups (broad SMARTS) is 1. The summed E-state index contributed by atoms with van der Waals surface area (Å²) in [5, 5.41) is 19.0. The summed E-state index contributed by atoms with van der Waals surface area (Å²) in [5.41, 5.74) is 0. The van der Waals surface area contributed by atoms with Crippen molar-refractivity contribution in [3.63, 3.8) is 0 Å². The molecule has 0 radical (unpaired) electrons. The number of aliphatic carboxylic acids is 1. The van der Waals surface area contributed by atoms with E-state index in [1.807, 2.05) is 0 Å². The number of rotatable bonds is 7. The van der Waals surface area contributed by atoms with Crippen LogP contribution >= 0.6 is 0 Å². The zero-order chi connectivity index (χ0) is 11.8. The van der Waals surface area contributed by atoms with E-state index >= 15 is 0 Å². The van der Waals surface area contributed by atoms with E-state index in [1.165, 1.54) is 0 Å². The van der Waals surface area contributed by atoms with Crippen LogP contribution in [0, 0.1) is 0 Å². The Bertz CT molecular complexity index is 223. The summed E-state index contributed by atoms with van der Waals surface area (Å²) in [5.74, 6) is -1.56. The molecule has 0 aromatic rings. The molecular formula is C8H13F2NO4. The van der Waals surface area contributed by atoms with Gasteiger partial charge in [-0.3, -0.25) is 9.59 Å². The van der Waals surface area contributed by atoms with Crippen molar-refractivity contribution in [3.05, 3.63) is 0 Å². The predicted molar refractivity (Wildman–Crippen MR) is 46.5 cm³/mol. The van der Waals surface area contributed by atoms with Crippen LogP contribution in [-0.4, -0.2) is 41.2 Å². The summed E-state index contributed by atoms with van der Waals surface area (Å²) in [4.78, 5) is 21.0. The highest BCUT2D eigenvalue weighted by Gasteiger charge is 2.17. The van der Waals surface area contributed by atoms with Crippen molar-refractivity contribution < 1.29 is 28.6 Å². The van der Waals surface area contributed by atoms with E-state index in [-0.39, 0.29) is 19.3 Å².